The van der Waals surface area contributed by atoms with Crippen molar-refractivity contribution in [3.63, 3.8) is 0 Å². The molecule has 1 atom stereocenters. The number of halogens is 1. The highest BCUT2D eigenvalue weighted by Gasteiger charge is 2.13. The van der Waals surface area contributed by atoms with E-state index in [0.29, 0.717) is 29.1 Å². The van der Waals surface area contributed by atoms with Crippen molar-refractivity contribution in [3.8, 4) is 11.5 Å². The number of nitrogens with one attached hydrogen (secondary N) is 1. The smallest absolute Gasteiger partial charge is 0.255 e. The molecule has 0 saturated carbocycles. The Morgan fingerprint density at radius 2 is 2.29 bits per heavy atom. The van der Waals surface area contributed by atoms with Gasteiger partial charge in [-0.05, 0) is 31.0 Å². The molecule has 116 valence electrons. The van der Waals surface area contributed by atoms with Crippen LogP contribution in [0.1, 0.15) is 18.9 Å². The molecular weight excluding hydrogens is 292 g/mol. The second-order valence-electron chi connectivity index (χ2n) is 4.67. The summed E-state index contributed by atoms with van der Waals surface area (Å²) in [6, 6.07) is 3.90. The molecule has 0 spiro atoms. The first-order chi connectivity index (χ1) is 9.97. The van der Waals surface area contributed by atoms with Crippen molar-refractivity contribution >= 4 is 17.5 Å². The number of benzene rings is 1. The molecule has 1 amide bonds. The molecule has 1 unspecified atom stereocenters. The molecule has 1 aromatic carbocycles. The van der Waals surface area contributed by atoms with Crippen LogP contribution in [0.3, 0.4) is 0 Å². The summed E-state index contributed by atoms with van der Waals surface area (Å²) in [5.74, 6) is 0.217. The average Bonchev–Trinajstić information content (AvgIpc) is 2.43. The van der Waals surface area contributed by atoms with Gasteiger partial charge >= 0.3 is 0 Å². The van der Waals surface area contributed by atoms with Crippen LogP contribution in [-0.4, -0.2) is 25.7 Å². The molecule has 0 aromatic heterocycles. The first-order valence-electron chi connectivity index (χ1n) is 6.59. The fourth-order valence-electron chi connectivity index (χ4n) is 1.78. The molecule has 0 bridgehead atoms. The molecule has 0 aliphatic rings. The zero-order chi connectivity index (χ0) is 15.8. The SMILES string of the molecule is C=CCC(C)NCc1cc(Cl)c(OCC(N)=O)c(OC)c1. The zero-order valence-electron chi connectivity index (χ0n) is 12.3. The summed E-state index contributed by atoms with van der Waals surface area (Å²) in [5, 5.41) is 3.73. The highest BCUT2D eigenvalue weighted by Crippen LogP contribution is 2.36. The fourth-order valence-corrected chi connectivity index (χ4v) is 2.07. The van der Waals surface area contributed by atoms with Crippen LogP contribution in [-0.2, 0) is 11.3 Å². The number of carbonyl (C=O) groups excluding carboxylic acids is 1. The van der Waals surface area contributed by atoms with Gasteiger partial charge in [-0.25, -0.2) is 0 Å². The van der Waals surface area contributed by atoms with E-state index in [1.807, 2.05) is 12.1 Å². The topological polar surface area (TPSA) is 73.6 Å². The van der Waals surface area contributed by atoms with Crippen molar-refractivity contribution in [2.75, 3.05) is 13.7 Å². The van der Waals surface area contributed by atoms with E-state index < -0.39 is 5.91 Å². The zero-order valence-corrected chi connectivity index (χ0v) is 13.1. The van der Waals surface area contributed by atoms with Crippen LogP contribution < -0.4 is 20.5 Å². The number of primary amides is 1. The number of rotatable bonds is 9. The van der Waals surface area contributed by atoms with Gasteiger partial charge in [0.15, 0.2) is 18.1 Å². The van der Waals surface area contributed by atoms with Crippen molar-refractivity contribution in [1.82, 2.24) is 5.32 Å². The van der Waals surface area contributed by atoms with Crippen LogP contribution in [0.4, 0.5) is 0 Å². The lowest BCUT2D eigenvalue weighted by molar-refractivity contribution is -0.119. The van der Waals surface area contributed by atoms with E-state index in [1.165, 1.54) is 7.11 Å². The highest BCUT2D eigenvalue weighted by atomic mass is 35.5. The Kier molecular flexibility index (Phi) is 7.05. The van der Waals surface area contributed by atoms with Crippen LogP contribution in [0, 0.1) is 0 Å². The van der Waals surface area contributed by atoms with Crippen LogP contribution in [0.5, 0.6) is 11.5 Å². The van der Waals surface area contributed by atoms with Crippen molar-refractivity contribution in [2.45, 2.75) is 25.9 Å². The molecule has 0 heterocycles. The van der Waals surface area contributed by atoms with E-state index in [1.54, 1.807) is 6.07 Å². The van der Waals surface area contributed by atoms with E-state index in [2.05, 4.69) is 18.8 Å². The van der Waals surface area contributed by atoms with E-state index >= 15 is 0 Å². The molecule has 3 N–H and O–H groups in total. The lowest BCUT2D eigenvalue weighted by Crippen LogP contribution is -2.24. The predicted octanol–water partition coefficient (Wildman–Crippen LogP) is 2.27. The van der Waals surface area contributed by atoms with Gasteiger partial charge in [-0.3, -0.25) is 4.79 Å². The van der Waals surface area contributed by atoms with Gasteiger partial charge in [0.2, 0.25) is 0 Å². The number of amides is 1. The summed E-state index contributed by atoms with van der Waals surface area (Å²) in [7, 11) is 1.51. The standard InChI is InChI=1S/C15H21ClN2O3/c1-4-5-10(2)18-8-11-6-12(16)15(13(7-11)20-3)21-9-14(17)19/h4,6-7,10,18H,1,5,8-9H2,2-3H3,(H2,17,19). The number of ether oxygens (including phenoxy) is 2. The van der Waals surface area contributed by atoms with Crippen molar-refractivity contribution in [2.24, 2.45) is 5.73 Å². The third-order valence-corrected chi connectivity index (χ3v) is 3.10. The minimum atomic E-state index is -0.572. The summed E-state index contributed by atoms with van der Waals surface area (Å²) in [6.45, 7) is 6.18. The maximum absolute atomic E-state index is 10.8. The Morgan fingerprint density at radius 1 is 1.57 bits per heavy atom. The van der Waals surface area contributed by atoms with Crippen LogP contribution in [0.15, 0.2) is 24.8 Å². The summed E-state index contributed by atoms with van der Waals surface area (Å²) in [5.41, 5.74) is 6.01. The molecule has 0 saturated heterocycles. The van der Waals surface area contributed by atoms with E-state index in [0.717, 1.165) is 12.0 Å². The molecule has 1 rings (SSSR count). The molecular formula is C15H21ClN2O3. The first kappa shape index (κ1) is 17.3. The lowest BCUT2D eigenvalue weighted by Gasteiger charge is -2.15. The van der Waals surface area contributed by atoms with E-state index in [-0.39, 0.29) is 6.61 Å². The molecule has 5 nitrogen and oxygen atoms in total. The Hall–Kier alpha value is -1.72. The molecule has 0 radical (unpaired) electrons. The Morgan fingerprint density at radius 3 is 2.86 bits per heavy atom. The Labute approximate surface area is 130 Å². The number of hydrogen-bond acceptors (Lipinski definition) is 4. The predicted molar refractivity (Wildman–Crippen MR) is 83.8 cm³/mol. The summed E-state index contributed by atoms with van der Waals surface area (Å²) < 4.78 is 10.5. The first-order valence-corrected chi connectivity index (χ1v) is 6.97. The minimum Gasteiger partial charge on any atom is -0.493 e. The van der Waals surface area contributed by atoms with Crippen molar-refractivity contribution in [1.29, 1.82) is 0 Å². The van der Waals surface area contributed by atoms with Gasteiger partial charge in [-0.15, -0.1) is 6.58 Å². The van der Waals surface area contributed by atoms with E-state index in [4.69, 9.17) is 26.8 Å². The van der Waals surface area contributed by atoms with Crippen molar-refractivity contribution < 1.29 is 14.3 Å². The molecule has 0 aliphatic carbocycles. The van der Waals surface area contributed by atoms with E-state index in [9.17, 15) is 4.79 Å². The molecule has 0 aliphatic heterocycles. The number of nitrogens with two attached hydrogens (primary N) is 1. The molecule has 21 heavy (non-hydrogen) atoms. The monoisotopic (exact) mass is 312 g/mol. The number of hydrogen-bond donors (Lipinski definition) is 2. The highest BCUT2D eigenvalue weighted by molar-refractivity contribution is 6.32. The van der Waals surface area contributed by atoms with Crippen molar-refractivity contribution in [3.05, 3.63) is 35.4 Å². The van der Waals surface area contributed by atoms with Gasteiger partial charge < -0.3 is 20.5 Å². The quantitative estimate of drug-likeness (QED) is 0.686. The van der Waals surface area contributed by atoms with Gasteiger partial charge in [0.1, 0.15) is 0 Å². The summed E-state index contributed by atoms with van der Waals surface area (Å²) in [6.07, 6.45) is 2.75. The average molecular weight is 313 g/mol. The summed E-state index contributed by atoms with van der Waals surface area (Å²) in [4.78, 5) is 10.8. The van der Waals surface area contributed by atoms with Gasteiger partial charge in [0, 0.05) is 12.6 Å². The summed E-state index contributed by atoms with van der Waals surface area (Å²) >= 11 is 6.17. The maximum atomic E-state index is 10.8. The number of carbonyl (C=O) groups is 1. The third kappa shape index (κ3) is 5.65. The second-order valence-corrected chi connectivity index (χ2v) is 5.08. The lowest BCUT2D eigenvalue weighted by atomic mass is 10.1. The minimum absolute atomic E-state index is 0.246. The Bertz CT molecular complexity index is 506. The molecule has 1 aromatic rings. The van der Waals surface area contributed by atoms with Crippen LogP contribution in [0.25, 0.3) is 0 Å². The van der Waals surface area contributed by atoms with Crippen LogP contribution >= 0.6 is 11.6 Å². The van der Waals surface area contributed by atoms with Gasteiger partial charge in [-0.2, -0.15) is 0 Å². The number of methoxy groups -OCH3 is 1. The molecule has 6 heteroatoms. The maximum Gasteiger partial charge on any atom is 0.255 e. The largest absolute Gasteiger partial charge is 0.493 e. The normalized spacial score (nSPS) is 11.8. The fraction of sp³-hybridized carbons (Fsp3) is 0.400. The van der Waals surface area contributed by atoms with Gasteiger partial charge in [0.05, 0.1) is 12.1 Å². The third-order valence-electron chi connectivity index (χ3n) is 2.82. The van der Waals surface area contributed by atoms with Gasteiger partial charge in [0.25, 0.3) is 5.91 Å². The Balaban J connectivity index is 2.82. The van der Waals surface area contributed by atoms with Crippen LogP contribution in [0.2, 0.25) is 5.02 Å². The van der Waals surface area contributed by atoms with Gasteiger partial charge in [-0.1, -0.05) is 17.7 Å². The molecule has 0 fully saturated rings. The second kappa shape index (κ2) is 8.54.